The molecular formula is C20H33ClO2. The van der Waals surface area contributed by atoms with E-state index in [1.807, 2.05) is 0 Å². The first kappa shape index (κ1) is 17.7. The SMILES string of the molecule is C[C@]12CCC(CO)C[C@@H]1CC[C@@H]1[C@@H]2CC[C@]2(C)C(=O)CC[C@@H]12.Cl. The van der Waals surface area contributed by atoms with Gasteiger partial charge in [-0.25, -0.2) is 0 Å². The van der Waals surface area contributed by atoms with Crippen molar-refractivity contribution >= 4 is 18.2 Å². The van der Waals surface area contributed by atoms with E-state index in [1.165, 1.54) is 38.5 Å². The summed E-state index contributed by atoms with van der Waals surface area (Å²) in [5.74, 6) is 4.25. The highest BCUT2D eigenvalue weighted by Crippen LogP contribution is 2.65. The van der Waals surface area contributed by atoms with E-state index in [1.54, 1.807) is 0 Å². The average molecular weight is 341 g/mol. The summed E-state index contributed by atoms with van der Waals surface area (Å²) in [5, 5.41) is 9.55. The lowest BCUT2D eigenvalue weighted by Crippen LogP contribution is -2.53. The quantitative estimate of drug-likeness (QED) is 0.755. The van der Waals surface area contributed by atoms with Crippen molar-refractivity contribution in [3.05, 3.63) is 0 Å². The minimum Gasteiger partial charge on any atom is -0.396 e. The Labute approximate surface area is 147 Å². The van der Waals surface area contributed by atoms with E-state index >= 15 is 0 Å². The molecule has 1 N–H and O–H groups in total. The fourth-order valence-corrected chi connectivity index (χ4v) is 7.28. The molecular weight excluding hydrogens is 308 g/mol. The number of hydrogen-bond donors (Lipinski definition) is 1. The summed E-state index contributed by atoms with van der Waals surface area (Å²) in [6.07, 6.45) is 10.9. The second-order valence-corrected chi connectivity index (χ2v) is 9.40. The van der Waals surface area contributed by atoms with Gasteiger partial charge in [-0.05, 0) is 86.4 Å². The fraction of sp³-hybridized carbons (Fsp3) is 0.950. The van der Waals surface area contributed by atoms with Crippen LogP contribution < -0.4 is 0 Å². The Kier molecular flexibility index (Phi) is 4.64. The van der Waals surface area contributed by atoms with Crippen LogP contribution in [0.3, 0.4) is 0 Å². The van der Waals surface area contributed by atoms with Crippen molar-refractivity contribution in [3.8, 4) is 0 Å². The molecule has 0 amide bonds. The van der Waals surface area contributed by atoms with Gasteiger partial charge < -0.3 is 5.11 Å². The number of carbonyl (C=O) groups is 1. The number of rotatable bonds is 1. The van der Waals surface area contributed by atoms with Crippen LogP contribution in [0.1, 0.15) is 71.6 Å². The second kappa shape index (κ2) is 6.02. The number of ketones is 1. The first-order valence-corrected chi connectivity index (χ1v) is 9.63. The Hall–Kier alpha value is -0.0800. The maximum Gasteiger partial charge on any atom is 0.139 e. The van der Waals surface area contributed by atoms with Gasteiger partial charge in [-0.2, -0.15) is 0 Å². The van der Waals surface area contributed by atoms with Gasteiger partial charge in [-0.1, -0.05) is 13.8 Å². The van der Waals surface area contributed by atoms with Gasteiger partial charge in [0.05, 0.1) is 0 Å². The number of aliphatic hydroxyl groups excluding tert-OH is 1. The summed E-state index contributed by atoms with van der Waals surface area (Å²) in [7, 11) is 0. The normalized spacial score (nSPS) is 52.1. The van der Waals surface area contributed by atoms with E-state index in [4.69, 9.17) is 0 Å². The molecule has 1 unspecified atom stereocenters. The number of Topliss-reactive ketones (excluding diaryl/α,β-unsaturated/α-hetero) is 1. The van der Waals surface area contributed by atoms with Crippen molar-refractivity contribution in [2.24, 2.45) is 40.4 Å². The number of aliphatic hydroxyl groups is 1. The van der Waals surface area contributed by atoms with E-state index in [0.717, 1.165) is 37.0 Å². The third kappa shape index (κ3) is 2.42. The fourth-order valence-electron chi connectivity index (χ4n) is 7.28. The molecule has 4 aliphatic rings. The molecule has 0 heterocycles. The molecule has 7 atom stereocenters. The van der Waals surface area contributed by atoms with Crippen LogP contribution in [-0.4, -0.2) is 17.5 Å². The summed E-state index contributed by atoms with van der Waals surface area (Å²) < 4.78 is 0. The van der Waals surface area contributed by atoms with E-state index in [0.29, 0.717) is 29.6 Å². The number of halogens is 1. The lowest BCUT2D eigenvalue weighted by atomic mass is 9.44. The maximum absolute atomic E-state index is 12.4. The minimum absolute atomic E-state index is 0. The van der Waals surface area contributed by atoms with Gasteiger partial charge in [0.1, 0.15) is 5.78 Å². The number of fused-ring (bicyclic) bond motifs is 5. The molecule has 4 saturated carbocycles. The highest BCUT2D eigenvalue weighted by Gasteiger charge is 2.60. The summed E-state index contributed by atoms with van der Waals surface area (Å²) in [5.41, 5.74) is 0.508. The van der Waals surface area contributed by atoms with Crippen LogP contribution in [0.4, 0.5) is 0 Å². The van der Waals surface area contributed by atoms with Crippen molar-refractivity contribution in [1.82, 2.24) is 0 Å². The van der Waals surface area contributed by atoms with Gasteiger partial charge in [0.2, 0.25) is 0 Å². The third-order valence-corrected chi connectivity index (χ3v) is 8.74. The zero-order valence-electron chi connectivity index (χ0n) is 14.7. The van der Waals surface area contributed by atoms with Gasteiger partial charge in [0.15, 0.2) is 0 Å². The van der Waals surface area contributed by atoms with Crippen LogP contribution in [0.15, 0.2) is 0 Å². The van der Waals surface area contributed by atoms with Crippen LogP contribution in [-0.2, 0) is 4.79 Å². The molecule has 0 bridgehead atoms. The lowest BCUT2D eigenvalue weighted by molar-refractivity contribution is -0.140. The molecule has 3 heteroatoms. The van der Waals surface area contributed by atoms with Gasteiger partial charge in [-0.3, -0.25) is 4.79 Å². The van der Waals surface area contributed by atoms with Crippen molar-refractivity contribution in [2.45, 2.75) is 71.6 Å². The molecule has 4 fully saturated rings. The molecule has 0 spiro atoms. The minimum atomic E-state index is 0. The zero-order chi connectivity index (χ0) is 15.5. The Morgan fingerprint density at radius 3 is 2.57 bits per heavy atom. The van der Waals surface area contributed by atoms with Crippen molar-refractivity contribution in [2.75, 3.05) is 6.61 Å². The molecule has 4 aliphatic carbocycles. The van der Waals surface area contributed by atoms with Gasteiger partial charge >= 0.3 is 0 Å². The monoisotopic (exact) mass is 340 g/mol. The van der Waals surface area contributed by atoms with E-state index < -0.39 is 0 Å². The Bertz CT molecular complexity index is 478. The van der Waals surface area contributed by atoms with Crippen LogP contribution >= 0.6 is 12.4 Å². The summed E-state index contributed by atoms with van der Waals surface area (Å²) in [4.78, 5) is 12.4. The van der Waals surface area contributed by atoms with E-state index in [9.17, 15) is 9.90 Å². The van der Waals surface area contributed by atoms with E-state index in [2.05, 4.69) is 13.8 Å². The smallest absolute Gasteiger partial charge is 0.139 e. The maximum atomic E-state index is 12.4. The summed E-state index contributed by atoms with van der Waals surface area (Å²) >= 11 is 0. The van der Waals surface area contributed by atoms with Gasteiger partial charge in [0, 0.05) is 18.4 Å². The average Bonchev–Trinajstić information content (AvgIpc) is 2.82. The highest BCUT2D eigenvalue weighted by atomic mass is 35.5. The van der Waals surface area contributed by atoms with Gasteiger partial charge in [-0.15, -0.1) is 12.4 Å². The van der Waals surface area contributed by atoms with Crippen LogP contribution in [0.2, 0.25) is 0 Å². The standard InChI is InChI=1S/C20H32O2.ClH/c1-19-9-7-13(12-21)11-14(19)3-4-15-16-5-6-18(22)20(16,2)10-8-17(15)19;/h13-17,21H,3-12H2,1-2H3;1H/t13?,14-,15-,16-,17-,19-,20-;/m0./s1. The zero-order valence-corrected chi connectivity index (χ0v) is 15.5. The van der Waals surface area contributed by atoms with Gasteiger partial charge in [0.25, 0.3) is 0 Å². The van der Waals surface area contributed by atoms with Crippen LogP contribution in [0, 0.1) is 40.4 Å². The molecule has 0 radical (unpaired) electrons. The molecule has 0 aromatic rings. The van der Waals surface area contributed by atoms with Crippen LogP contribution in [0.5, 0.6) is 0 Å². The topological polar surface area (TPSA) is 37.3 Å². The number of hydrogen-bond acceptors (Lipinski definition) is 2. The summed E-state index contributed by atoms with van der Waals surface area (Å²) in [6.45, 7) is 5.22. The molecule has 0 aromatic carbocycles. The molecule has 23 heavy (non-hydrogen) atoms. The Balaban J connectivity index is 0.00000156. The Morgan fingerprint density at radius 2 is 1.83 bits per heavy atom. The van der Waals surface area contributed by atoms with Crippen molar-refractivity contribution < 1.29 is 9.90 Å². The molecule has 2 nitrogen and oxygen atoms in total. The molecule has 132 valence electrons. The van der Waals surface area contributed by atoms with Crippen LogP contribution in [0.25, 0.3) is 0 Å². The molecule has 4 rings (SSSR count). The predicted octanol–water partition coefficient (Wildman–Crippen LogP) is 4.63. The predicted molar refractivity (Wildman–Crippen MR) is 94.6 cm³/mol. The lowest BCUT2D eigenvalue weighted by Gasteiger charge is -2.60. The van der Waals surface area contributed by atoms with E-state index in [-0.39, 0.29) is 17.8 Å². The third-order valence-electron chi connectivity index (χ3n) is 8.74. The molecule has 0 aromatic heterocycles. The van der Waals surface area contributed by atoms with Crippen molar-refractivity contribution in [1.29, 1.82) is 0 Å². The first-order chi connectivity index (χ1) is 10.5. The Morgan fingerprint density at radius 1 is 1.04 bits per heavy atom. The highest BCUT2D eigenvalue weighted by molar-refractivity contribution is 5.87. The second-order valence-electron chi connectivity index (χ2n) is 9.40. The molecule has 0 aliphatic heterocycles. The first-order valence-electron chi connectivity index (χ1n) is 9.63. The van der Waals surface area contributed by atoms with Crippen molar-refractivity contribution in [3.63, 3.8) is 0 Å². The largest absolute Gasteiger partial charge is 0.396 e. The molecule has 0 saturated heterocycles. The number of carbonyl (C=O) groups excluding carboxylic acids is 1. The summed E-state index contributed by atoms with van der Waals surface area (Å²) in [6, 6.07) is 0.